The van der Waals surface area contributed by atoms with E-state index in [-0.39, 0.29) is 6.61 Å². The fourth-order valence-corrected chi connectivity index (χ4v) is 3.22. The first-order valence-corrected chi connectivity index (χ1v) is 8.56. The van der Waals surface area contributed by atoms with Gasteiger partial charge in [-0.05, 0) is 24.6 Å². The molecule has 0 aliphatic carbocycles. The molecule has 2 aromatic carbocycles. The number of carbonyl (C=O) groups is 1. The minimum atomic E-state index is -3.85. The summed E-state index contributed by atoms with van der Waals surface area (Å²) < 4.78 is 23.7. The molecule has 0 aliphatic heterocycles. The van der Waals surface area contributed by atoms with Crippen LogP contribution in [0.15, 0.2) is 60.7 Å². The van der Waals surface area contributed by atoms with E-state index in [1.807, 2.05) is 30.3 Å². The maximum Gasteiger partial charge on any atom is 0.459 e. The number of para-hydroxylation sites is 1. The molecule has 0 spiro atoms. The molecule has 23 heavy (non-hydrogen) atoms. The predicted octanol–water partition coefficient (Wildman–Crippen LogP) is 3.45. The molecular weight excluding hydrogens is 317 g/mol. The lowest BCUT2D eigenvalue weighted by Crippen LogP contribution is -2.33. The third kappa shape index (κ3) is 5.53. The Hall–Kier alpha value is -2.14. The molecule has 2 aromatic rings. The number of hydrogen-bond acceptors (Lipinski definition) is 4. The Balaban J connectivity index is 2.13. The Kier molecular flexibility index (Phi) is 5.93. The van der Waals surface area contributed by atoms with E-state index < -0.39 is 19.8 Å². The minimum Gasteiger partial charge on any atom is -0.480 e. The van der Waals surface area contributed by atoms with Crippen molar-refractivity contribution >= 4 is 13.7 Å². The molecule has 7 heteroatoms. The van der Waals surface area contributed by atoms with Crippen LogP contribution in [0.25, 0.3) is 0 Å². The lowest BCUT2D eigenvalue weighted by Gasteiger charge is -2.21. The topological polar surface area (TPSA) is 84.9 Å². The van der Waals surface area contributed by atoms with Crippen molar-refractivity contribution in [3.63, 3.8) is 0 Å². The van der Waals surface area contributed by atoms with Gasteiger partial charge in [0, 0.05) is 0 Å². The highest BCUT2D eigenvalue weighted by molar-refractivity contribution is 7.52. The van der Waals surface area contributed by atoms with Crippen molar-refractivity contribution in [1.82, 2.24) is 5.09 Å². The zero-order chi connectivity index (χ0) is 16.7. The van der Waals surface area contributed by atoms with E-state index in [1.165, 1.54) is 6.92 Å². The summed E-state index contributed by atoms with van der Waals surface area (Å²) in [6.45, 7) is 1.40. The van der Waals surface area contributed by atoms with Crippen molar-refractivity contribution in [2.24, 2.45) is 0 Å². The summed E-state index contributed by atoms with van der Waals surface area (Å²) in [6, 6.07) is 16.5. The second-order valence-corrected chi connectivity index (χ2v) is 6.54. The Morgan fingerprint density at radius 1 is 1.13 bits per heavy atom. The Labute approximate surface area is 134 Å². The number of nitrogens with one attached hydrogen (secondary N) is 1. The summed E-state index contributed by atoms with van der Waals surface area (Å²) in [7, 11) is -3.85. The van der Waals surface area contributed by atoms with Gasteiger partial charge in [-0.25, -0.2) is 4.57 Å². The van der Waals surface area contributed by atoms with Crippen molar-refractivity contribution in [1.29, 1.82) is 0 Å². The molecule has 2 atom stereocenters. The van der Waals surface area contributed by atoms with E-state index in [2.05, 4.69) is 5.09 Å². The molecule has 0 radical (unpaired) electrons. The zero-order valence-electron chi connectivity index (χ0n) is 12.6. The van der Waals surface area contributed by atoms with E-state index in [0.717, 1.165) is 5.56 Å². The summed E-state index contributed by atoms with van der Waals surface area (Å²) >= 11 is 0. The first-order valence-electron chi connectivity index (χ1n) is 7.02. The first-order chi connectivity index (χ1) is 11.0. The molecule has 122 valence electrons. The smallest absolute Gasteiger partial charge is 0.459 e. The van der Waals surface area contributed by atoms with Gasteiger partial charge < -0.3 is 9.63 Å². The maximum absolute atomic E-state index is 12.9. The highest BCUT2D eigenvalue weighted by atomic mass is 31.2. The lowest BCUT2D eigenvalue weighted by molar-refractivity contribution is -0.138. The first kappa shape index (κ1) is 17.2. The van der Waals surface area contributed by atoms with E-state index in [4.69, 9.17) is 14.2 Å². The highest BCUT2D eigenvalue weighted by Crippen LogP contribution is 2.45. The van der Waals surface area contributed by atoms with Crippen molar-refractivity contribution in [3.8, 4) is 5.75 Å². The van der Waals surface area contributed by atoms with Crippen LogP contribution in [0.3, 0.4) is 0 Å². The predicted molar refractivity (Wildman–Crippen MR) is 86.1 cm³/mol. The number of aliphatic carboxylic acids is 1. The fraction of sp³-hybridized carbons (Fsp3) is 0.188. The standard InChI is InChI=1S/C16H18NO5P/c1-13(16(18)19)17-23(20,22-15-10-6-3-7-11-15)21-12-14-8-4-2-5-9-14/h2-11,13H,12H2,1H3,(H,17,20)(H,18,19). The van der Waals surface area contributed by atoms with Gasteiger partial charge >= 0.3 is 13.7 Å². The van der Waals surface area contributed by atoms with Crippen molar-refractivity contribution in [2.75, 3.05) is 0 Å². The molecule has 0 heterocycles. The Morgan fingerprint density at radius 2 is 1.70 bits per heavy atom. The molecule has 2 N–H and O–H groups in total. The largest absolute Gasteiger partial charge is 0.480 e. The summed E-state index contributed by atoms with van der Waals surface area (Å²) in [6.07, 6.45) is 0. The number of carboxylic acids is 1. The lowest BCUT2D eigenvalue weighted by atomic mass is 10.2. The van der Waals surface area contributed by atoms with E-state index in [1.54, 1.807) is 30.3 Å². The molecule has 0 fully saturated rings. The number of hydrogen-bond donors (Lipinski definition) is 2. The van der Waals surface area contributed by atoms with Crippen LogP contribution < -0.4 is 9.61 Å². The van der Waals surface area contributed by atoms with Crippen LogP contribution in [0.5, 0.6) is 5.75 Å². The molecule has 0 aliphatic rings. The number of rotatable bonds is 8. The number of benzene rings is 2. The van der Waals surface area contributed by atoms with Gasteiger partial charge in [0.05, 0.1) is 6.61 Å². The van der Waals surface area contributed by atoms with Crippen molar-refractivity contribution in [2.45, 2.75) is 19.6 Å². The SMILES string of the molecule is CC(NP(=O)(OCc1ccccc1)Oc1ccccc1)C(=O)O. The van der Waals surface area contributed by atoms with E-state index in [0.29, 0.717) is 5.75 Å². The maximum atomic E-state index is 12.9. The molecule has 0 aromatic heterocycles. The summed E-state index contributed by atoms with van der Waals surface area (Å²) in [5.41, 5.74) is 0.800. The average Bonchev–Trinajstić information content (AvgIpc) is 2.55. The van der Waals surface area contributed by atoms with Crippen molar-refractivity contribution < 1.29 is 23.5 Å². The molecule has 0 bridgehead atoms. The average molecular weight is 335 g/mol. The Morgan fingerprint density at radius 3 is 2.26 bits per heavy atom. The molecular formula is C16H18NO5P. The number of carboxylic acid groups (broad SMARTS) is 1. The molecule has 0 saturated heterocycles. The van der Waals surface area contributed by atoms with Crippen LogP contribution in [0, 0.1) is 0 Å². The fourth-order valence-electron chi connectivity index (χ4n) is 1.74. The van der Waals surface area contributed by atoms with Crippen LogP contribution in [0.2, 0.25) is 0 Å². The van der Waals surface area contributed by atoms with Crippen LogP contribution in [-0.4, -0.2) is 17.1 Å². The van der Waals surface area contributed by atoms with Gasteiger partial charge in [-0.1, -0.05) is 48.5 Å². The van der Waals surface area contributed by atoms with Gasteiger partial charge in [0.15, 0.2) is 0 Å². The second-order valence-electron chi connectivity index (χ2n) is 4.85. The van der Waals surface area contributed by atoms with Gasteiger partial charge in [-0.2, -0.15) is 5.09 Å². The van der Waals surface area contributed by atoms with Gasteiger partial charge in [0.1, 0.15) is 11.8 Å². The summed E-state index contributed by atoms with van der Waals surface area (Å²) in [4.78, 5) is 11.0. The molecule has 2 rings (SSSR count). The molecule has 2 unspecified atom stereocenters. The van der Waals surface area contributed by atoms with Gasteiger partial charge in [0.25, 0.3) is 0 Å². The Bertz CT molecular complexity index is 677. The molecule has 0 amide bonds. The van der Waals surface area contributed by atoms with Crippen molar-refractivity contribution in [3.05, 3.63) is 66.2 Å². The highest BCUT2D eigenvalue weighted by Gasteiger charge is 2.31. The summed E-state index contributed by atoms with van der Waals surface area (Å²) in [5.74, 6) is -0.820. The normalized spacial score (nSPS) is 14.7. The van der Waals surface area contributed by atoms with E-state index >= 15 is 0 Å². The summed E-state index contributed by atoms with van der Waals surface area (Å²) in [5, 5.41) is 11.4. The zero-order valence-corrected chi connectivity index (χ0v) is 13.5. The van der Waals surface area contributed by atoms with Crippen LogP contribution in [-0.2, 0) is 20.5 Å². The molecule has 6 nitrogen and oxygen atoms in total. The minimum absolute atomic E-state index is 0.0320. The monoisotopic (exact) mass is 335 g/mol. The third-order valence-corrected chi connectivity index (χ3v) is 4.56. The second kappa shape index (κ2) is 7.92. The van der Waals surface area contributed by atoms with Gasteiger partial charge in [0.2, 0.25) is 0 Å². The van der Waals surface area contributed by atoms with Crippen LogP contribution in [0.4, 0.5) is 0 Å². The quantitative estimate of drug-likeness (QED) is 0.719. The van der Waals surface area contributed by atoms with Crippen LogP contribution in [0.1, 0.15) is 12.5 Å². The van der Waals surface area contributed by atoms with Gasteiger partial charge in [-0.15, -0.1) is 0 Å². The van der Waals surface area contributed by atoms with Crippen LogP contribution >= 0.6 is 7.75 Å². The van der Waals surface area contributed by atoms with E-state index in [9.17, 15) is 9.36 Å². The molecule has 0 saturated carbocycles. The van der Waals surface area contributed by atoms with Gasteiger partial charge in [-0.3, -0.25) is 9.32 Å². The third-order valence-electron chi connectivity index (χ3n) is 2.93.